The van der Waals surface area contributed by atoms with Gasteiger partial charge in [-0.2, -0.15) is 0 Å². The molecule has 262 valence electrons. The monoisotopic (exact) mass is 734 g/mol. The number of nitrogens with zero attached hydrogens (tertiary/aromatic N) is 4. The summed E-state index contributed by atoms with van der Waals surface area (Å²) in [5.74, 6) is 1.69. The summed E-state index contributed by atoms with van der Waals surface area (Å²) in [5.41, 5.74) is 12.9. The van der Waals surface area contributed by atoms with Crippen LogP contribution in [0.3, 0.4) is 0 Å². The van der Waals surface area contributed by atoms with Gasteiger partial charge in [0.2, 0.25) is 0 Å². The zero-order valence-electron chi connectivity index (χ0n) is 29.9. The number of aromatic nitrogens is 3. The Morgan fingerprint density at radius 1 is 0.571 bits per heavy atom. The van der Waals surface area contributed by atoms with Crippen molar-refractivity contribution in [2.75, 3.05) is 4.90 Å². The van der Waals surface area contributed by atoms with Crippen molar-refractivity contribution in [3.05, 3.63) is 205 Å². The van der Waals surface area contributed by atoms with Crippen molar-refractivity contribution < 1.29 is 4.74 Å². The third-order valence-electron chi connectivity index (χ3n) is 11.5. The SMILES string of the molecule is c1cncc(-c2ccc3c(n2)-c2ncccc2C32c3ccccc3Oc3c2ccc2c3Sc3ccccc3N2c2cccc(-c3cccc4ccccc34)c2)c1. The lowest BCUT2D eigenvalue weighted by molar-refractivity contribution is 0.426. The standard InChI is InChI=1S/C50H30N4OS/c1-2-16-35-31(11-1)12-8-17-36(35)32-13-7-15-34(29-32)54-42-20-4-6-22-45(42)56-49-43(54)26-24-40-48(49)55-44-21-5-3-18-37(44)50(40)38-19-10-28-52-46(38)47-39(50)23-25-41(53-47)33-14-9-27-51-30-33/h1-30H. The Kier molecular flexibility index (Phi) is 6.71. The maximum absolute atomic E-state index is 7.13. The van der Waals surface area contributed by atoms with E-state index in [-0.39, 0.29) is 0 Å². The number of hydrogen-bond donors (Lipinski definition) is 0. The van der Waals surface area contributed by atoms with Crippen molar-refractivity contribution in [3.8, 4) is 45.3 Å². The number of anilines is 3. The van der Waals surface area contributed by atoms with Crippen molar-refractivity contribution in [1.29, 1.82) is 0 Å². The lowest BCUT2D eigenvalue weighted by atomic mass is 9.66. The molecule has 9 aromatic rings. The Morgan fingerprint density at radius 2 is 1.36 bits per heavy atom. The molecule has 0 fully saturated rings. The second-order valence-corrected chi connectivity index (χ2v) is 15.4. The highest BCUT2D eigenvalue weighted by Crippen LogP contribution is 2.65. The van der Waals surface area contributed by atoms with Gasteiger partial charge in [-0.15, -0.1) is 0 Å². The van der Waals surface area contributed by atoms with Crippen LogP contribution in [-0.2, 0) is 5.41 Å². The molecule has 6 heteroatoms. The summed E-state index contributed by atoms with van der Waals surface area (Å²) in [4.78, 5) is 19.4. The highest BCUT2D eigenvalue weighted by molar-refractivity contribution is 7.99. The van der Waals surface area contributed by atoms with Gasteiger partial charge in [-0.05, 0) is 93.7 Å². The van der Waals surface area contributed by atoms with E-state index in [0.29, 0.717) is 0 Å². The third kappa shape index (κ3) is 4.36. The Bertz CT molecular complexity index is 3070. The van der Waals surface area contributed by atoms with Crippen LogP contribution in [0.2, 0.25) is 0 Å². The molecule has 0 N–H and O–H groups in total. The highest BCUT2D eigenvalue weighted by Gasteiger charge is 2.53. The van der Waals surface area contributed by atoms with E-state index >= 15 is 0 Å². The number of pyridine rings is 3. The number of rotatable bonds is 3. The largest absolute Gasteiger partial charge is 0.455 e. The highest BCUT2D eigenvalue weighted by atomic mass is 32.2. The molecule has 0 bridgehead atoms. The molecule has 1 atom stereocenters. The van der Waals surface area contributed by atoms with Crippen molar-refractivity contribution in [1.82, 2.24) is 15.0 Å². The molecule has 5 nitrogen and oxygen atoms in total. The van der Waals surface area contributed by atoms with Gasteiger partial charge in [0, 0.05) is 45.9 Å². The van der Waals surface area contributed by atoms with Crippen LogP contribution in [0.15, 0.2) is 192 Å². The van der Waals surface area contributed by atoms with E-state index in [1.54, 1.807) is 18.0 Å². The van der Waals surface area contributed by atoms with Crippen LogP contribution in [0.4, 0.5) is 17.1 Å². The maximum atomic E-state index is 7.13. The van der Waals surface area contributed by atoms with Crippen LogP contribution in [0.5, 0.6) is 11.5 Å². The summed E-state index contributed by atoms with van der Waals surface area (Å²) >= 11 is 1.77. The zero-order chi connectivity index (χ0) is 36.8. The molecule has 56 heavy (non-hydrogen) atoms. The molecule has 1 spiro atoms. The molecule has 0 saturated heterocycles. The van der Waals surface area contributed by atoms with Gasteiger partial charge in [-0.25, -0.2) is 4.98 Å². The Morgan fingerprint density at radius 3 is 2.32 bits per heavy atom. The molecular weight excluding hydrogens is 705 g/mol. The zero-order valence-corrected chi connectivity index (χ0v) is 30.7. The molecule has 2 aliphatic heterocycles. The summed E-state index contributed by atoms with van der Waals surface area (Å²) in [6.07, 6.45) is 5.53. The van der Waals surface area contributed by atoms with Crippen LogP contribution in [0, 0.1) is 0 Å². The first-order valence-electron chi connectivity index (χ1n) is 18.8. The summed E-state index contributed by atoms with van der Waals surface area (Å²) < 4.78 is 7.13. The van der Waals surface area contributed by atoms with E-state index in [2.05, 4.69) is 162 Å². The van der Waals surface area contributed by atoms with E-state index in [0.717, 1.165) is 83.3 Å². The molecule has 0 radical (unpaired) electrons. The van der Waals surface area contributed by atoms with Crippen LogP contribution in [0.1, 0.15) is 22.3 Å². The molecule has 3 aliphatic rings. The van der Waals surface area contributed by atoms with Gasteiger partial charge in [-0.3, -0.25) is 9.97 Å². The quantitative estimate of drug-likeness (QED) is 0.180. The summed E-state index contributed by atoms with van der Waals surface area (Å²) in [5, 5.41) is 2.47. The van der Waals surface area contributed by atoms with Crippen LogP contribution < -0.4 is 9.64 Å². The van der Waals surface area contributed by atoms with Crippen molar-refractivity contribution in [2.24, 2.45) is 0 Å². The Balaban J connectivity index is 1.10. The molecule has 3 aromatic heterocycles. The number of para-hydroxylation sites is 2. The predicted molar refractivity (Wildman–Crippen MR) is 224 cm³/mol. The maximum Gasteiger partial charge on any atom is 0.148 e. The summed E-state index contributed by atoms with van der Waals surface area (Å²) in [6, 6.07) is 58.4. The lowest BCUT2D eigenvalue weighted by Gasteiger charge is -2.41. The second-order valence-electron chi connectivity index (χ2n) is 14.4. The van der Waals surface area contributed by atoms with E-state index < -0.39 is 5.41 Å². The molecule has 5 heterocycles. The number of hydrogen-bond acceptors (Lipinski definition) is 6. The molecular formula is C50H30N4OS. The third-order valence-corrected chi connectivity index (χ3v) is 12.6. The first kappa shape index (κ1) is 31.3. The Hall–Kier alpha value is -7.02. The smallest absolute Gasteiger partial charge is 0.148 e. The van der Waals surface area contributed by atoms with Gasteiger partial charge in [0.1, 0.15) is 11.5 Å². The van der Waals surface area contributed by atoms with Crippen LogP contribution in [-0.4, -0.2) is 15.0 Å². The average molecular weight is 735 g/mol. The molecule has 0 saturated carbocycles. The van der Waals surface area contributed by atoms with E-state index in [1.807, 2.05) is 24.5 Å². The minimum absolute atomic E-state index is 0.699. The van der Waals surface area contributed by atoms with Crippen molar-refractivity contribution in [2.45, 2.75) is 15.2 Å². The lowest BCUT2D eigenvalue weighted by Crippen LogP contribution is -2.33. The fourth-order valence-corrected chi connectivity index (χ4v) is 10.3. The fraction of sp³-hybridized carbons (Fsp3) is 0.0200. The van der Waals surface area contributed by atoms with E-state index in [1.165, 1.54) is 21.9 Å². The van der Waals surface area contributed by atoms with Crippen molar-refractivity contribution >= 4 is 39.6 Å². The molecule has 1 aliphatic carbocycles. The summed E-state index contributed by atoms with van der Waals surface area (Å²) in [7, 11) is 0. The predicted octanol–water partition coefficient (Wildman–Crippen LogP) is 12.8. The van der Waals surface area contributed by atoms with Gasteiger partial charge in [0.15, 0.2) is 0 Å². The molecule has 0 amide bonds. The number of fused-ring (bicyclic) bond motifs is 13. The fourth-order valence-electron chi connectivity index (χ4n) is 9.12. The van der Waals surface area contributed by atoms with Gasteiger partial charge in [0.05, 0.1) is 38.8 Å². The topological polar surface area (TPSA) is 51.1 Å². The first-order valence-corrected chi connectivity index (χ1v) is 19.6. The van der Waals surface area contributed by atoms with Gasteiger partial charge in [0.25, 0.3) is 0 Å². The summed E-state index contributed by atoms with van der Waals surface area (Å²) in [6.45, 7) is 0. The average Bonchev–Trinajstić information content (AvgIpc) is 3.55. The van der Waals surface area contributed by atoms with Gasteiger partial charge >= 0.3 is 0 Å². The van der Waals surface area contributed by atoms with E-state index in [9.17, 15) is 0 Å². The molecule has 1 unspecified atom stereocenters. The molecule has 12 rings (SSSR count). The normalized spacial score (nSPS) is 15.6. The van der Waals surface area contributed by atoms with E-state index in [4.69, 9.17) is 14.7 Å². The minimum Gasteiger partial charge on any atom is -0.455 e. The van der Waals surface area contributed by atoms with Gasteiger partial charge < -0.3 is 9.64 Å². The number of benzene rings is 6. The number of ether oxygens (including phenoxy) is 1. The van der Waals surface area contributed by atoms with Gasteiger partial charge in [-0.1, -0.05) is 115 Å². The molecule has 6 aromatic carbocycles. The minimum atomic E-state index is -0.699. The van der Waals surface area contributed by atoms with Crippen LogP contribution >= 0.6 is 11.8 Å². The second kappa shape index (κ2) is 12.0. The van der Waals surface area contributed by atoms with Crippen molar-refractivity contribution in [3.63, 3.8) is 0 Å². The first-order chi connectivity index (χ1) is 27.8. The van der Waals surface area contributed by atoms with Crippen LogP contribution in [0.25, 0.3) is 44.5 Å². The Labute approximate surface area is 328 Å².